The van der Waals surface area contributed by atoms with Gasteiger partial charge in [-0.05, 0) is 13.8 Å². The Balaban J connectivity index is 0.00000144. The normalized spacial score (nSPS) is 27.5. The van der Waals surface area contributed by atoms with Crippen molar-refractivity contribution < 1.29 is 14.3 Å². The summed E-state index contributed by atoms with van der Waals surface area (Å²) in [4.78, 5) is 11.2. The number of hydrogen-bond donors (Lipinski definition) is 1. The van der Waals surface area contributed by atoms with Crippen molar-refractivity contribution in [3.63, 3.8) is 0 Å². The molecule has 0 aromatic heterocycles. The second-order valence-electron chi connectivity index (χ2n) is 2.85. The molecule has 4 nitrogen and oxygen atoms in total. The SMILES string of the molecule is CCOC(=O)[C@@H]1CNCC(C)O1.Cl. The molecule has 1 fully saturated rings. The summed E-state index contributed by atoms with van der Waals surface area (Å²) in [5.41, 5.74) is 0. The van der Waals surface area contributed by atoms with Crippen LogP contribution in [0.25, 0.3) is 0 Å². The molecule has 5 heteroatoms. The lowest BCUT2D eigenvalue weighted by atomic mass is 10.2. The maximum atomic E-state index is 11.2. The second-order valence-corrected chi connectivity index (χ2v) is 2.85. The van der Waals surface area contributed by atoms with Crippen molar-refractivity contribution in [1.29, 1.82) is 0 Å². The highest BCUT2D eigenvalue weighted by Crippen LogP contribution is 2.04. The summed E-state index contributed by atoms with van der Waals surface area (Å²) >= 11 is 0. The van der Waals surface area contributed by atoms with Gasteiger partial charge in [0.15, 0.2) is 6.10 Å². The van der Waals surface area contributed by atoms with E-state index in [1.807, 2.05) is 6.92 Å². The molecular weight excluding hydrogens is 194 g/mol. The Morgan fingerprint density at radius 2 is 2.31 bits per heavy atom. The van der Waals surface area contributed by atoms with Gasteiger partial charge in [-0.1, -0.05) is 0 Å². The average Bonchev–Trinajstić information content (AvgIpc) is 2.05. The number of hydrogen-bond acceptors (Lipinski definition) is 4. The summed E-state index contributed by atoms with van der Waals surface area (Å²) in [6, 6.07) is 0. The van der Waals surface area contributed by atoms with Crippen LogP contribution in [-0.4, -0.2) is 37.9 Å². The Morgan fingerprint density at radius 3 is 2.85 bits per heavy atom. The van der Waals surface area contributed by atoms with Crippen LogP contribution in [0.15, 0.2) is 0 Å². The van der Waals surface area contributed by atoms with Crippen LogP contribution in [0.1, 0.15) is 13.8 Å². The van der Waals surface area contributed by atoms with Gasteiger partial charge in [-0.2, -0.15) is 0 Å². The van der Waals surface area contributed by atoms with E-state index in [9.17, 15) is 4.79 Å². The number of esters is 1. The maximum Gasteiger partial charge on any atom is 0.336 e. The van der Waals surface area contributed by atoms with E-state index < -0.39 is 6.10 Å². The fourth-order valence-electron chi connectivity index (χ4n) is 1.17. The summed E-state index contributed by atoms with van der Waals surface area (Å²) in [5, 5.41) is 3.10. The zero-order chi connectivity index (χ0) is 8.97. The molecule has 0 aliphatic carbocycles. The minimum atomic E-state index is -0.423. The molecule has 0 amide bonds. The molecular formula is C8H16ClNO3. The fraction of sp³-hybridized carbons (Fsp3) is 0.875. The van der Waals surface area contributed by atoms with Gasteiger partial charge < -0.3 is 14.8 Å². The third-order valence-electron chi connectivity index (χ3n) is 1.71. The van der Waals surface area contributed by atoms with Crippen molar-refractivity contribution in [2.24, 2.45) is 0 Å². The van der Waals surface area contributed by atoms with Crippen LogP contribution >= 0.6 is 12.4 Å². The quantitative estimate of drug-likeness (QED) is 0.667. The number of nitrogens with one attached hydrogen (secondary N) is 1. The molecule has 0 bridgehead atoms. The smallest absolute Gasteiger partial charge is 0.336 e. The van der Waals surface area contributed by atoms with E-state index in [-0.39, 0.29) is 24.5 Å². The summed E-state index contributed by atoms with van der Waals surface area (Å²) in [6.07, 6.45) is -0.332. The third kappa shape index (κ3) is 3.93. The van der Waals surface area contributed by atoms with Crippen molar-refractivity contribution in [2.45, 2.75) is 26.1 Å². The van der Waals surface area contributed by atoms with Gasteiger partial charge in [-0.15, -0.1) is 12.4 Å². The molecule has 1 rings (SSSR count). The van der Waals surface area contributed by atoms with Crippen LogP contribution in [0.5, 0.6) is 0 Å². The van der Waals surface area contributed by atoms with Gasteiger partial charge in [0.25, 0.3) is 0 Å². The number of carbonyl (C=O) groups is 1. The fourth-order valence-corrected chi connectivity index (χ4v) is 1.17. The van der Waals surface area contributed by atoms with E-state index in [4.69, 9.17) is 9.47 Å². The number of morpholine rings is 1. The van der Waals surface area contributed by atoms with Gasteiger partial charge in [0.1, 0.15) is 0 Å². The van der Waals surface area contributed by atoms with Crippen LogP contribution in [-0.2, 0) is 14.3 Å². The van der Waals surface area contributed by atoms with E-state index in [1.165, 1.54) is 0 Å². The molecule has 2 atom stereocenters. The molecule has 13 heavy (non-hydrogen) atoms. The van der Waals surface area contributed by atoms with Crippen molar-refractivity contribution >= 4 is 18.4 Å². The standard InChI is InChI=1S/C8H15NO3.ClH/c1-3-11-8(10)7-5-9-4-6(2)12-7;/h6-7,9H,3-5H2,1-2H3;1H/t6?,7-;/m0./s1. The first-order valence-electron chi connectivity index (χ1n) is 4.27. The molecule has 0 aromatic carbocycles. The highest BCUT2D eigenvalue weighted by atomic mass is 35.5. The van der Waals surface area contributed by atoms with E-state index in [2.05, 4.69) is 5.32 Å². The van der Waals surface area contributed by atoms with Crippen LogP contribution < -0.4 is 5.32 Å². The predicted molar refractivity (Wildman–Crippen MR) is 51.1 cm³/mol. The Morgan fingerprint density at radius 1 is 1.62 bits per heavy atom. The molecule has 1 unspecified atom stereocenters. The lowest BCUT2D eigenvalue weighted by Crippen LogP contribution is -2.47. The van der Waals surface area contributed by atoms with Gasteiger partial charge in [0.2, 0.25) is 0 Å². The van der Waals surface area contributed by atoms with Crippen LogP contribution in [0.4, 0.5) is 0 Å². The Labute approximate surface area is 84.4 Å². The topological polar surface area (TPSA) is 47.6 Å². The Kier molecular flexibility index (Phi) is 6.03. The Bertz CT molecular complexity index is 165. The number of halogens is 1. The van der Waals surface area contributed by atoms with Crippen molar-refractivity contribution in [1.82, 2.24) is 5.32 Å². The molecule has 0 aromatic rings. The van der Waals surface area contributed by atoms with Crippen LogP contribution in [0.3, 0.4) is 0 Å². The van der Waals surface area contributed by atoms with Crippen molar-refractivity contribution in [3.05, 3.63) is 0 Å². The van der Waals surface area contributed by atoms with Gasteiger partial charge in [-0.3, -0.25) is 0 Å². The first-order chi connectivity index (χ1) is 5.74. The van der Waals surface area contributed by atoms with Crippen LogP contribution in [0.2, 0.25) is 0 Å². The number of rotatable bonds is 2. The minimum absolute atomic E-state index is 0. The predicted octanol–water partition coefficient (Wildman–Crippen LogP) is 0.348. The average molecular weight is 210 g/mol. The molecule has 1 saturated heterocycles. The molecule has 1 aliphatic rings. The first-order valence-corrected chi connectivity index (χ1v) is 4.27. The molecule has 0 radical (unpaired) electrons. The highest BCUT2D eigenvalue weighted by Gasteiger charge is 2.26. The zero-order valence-electron chi connectivity index (χ0n) is 7.91. The lowest BCUT2D eigenvalue weighted by molar-refractivity contribution is -0.162. The number of carbonyl (C=O) groups excluding carboxylic acids is 1. The molecule has 78 valence electrons. The van der Waals surface area contributed by atoms with E-state index in [0.29, 0.717) is 13.2 Å². The van der Waals surface area contributed by atoms with E-state index in [0.717, 1.165) is 6.54 Å². The molecule has 1 N–H and O–H groups in total. The van der Waals surface area contributed by atoms with E-state index in [1.54, 1.807) is 6.92 Å². The monoisotopic (exact) mass is 209 g/mol. The van der Waals surface area contributed by atoms with Crippen LogP contribution in [0, 0.1) is 0 Å². The molecule has 1 aliphatic heterocycles. The summed E-state index contributed by atoms with van der Waals surface area (Å²) in [5.74, 6) is -0.267. The summed E-state index contributed by atoms with van der Waals surface area (Å²) in [7, 11) is 0. The molecule has 0 saturated carbocycles. The van der Waals surface area contributed by atoms with Gasteiger partial charge in [-0.25, -0.2) is 4.79 Å². The van der Waals surface area contributed by atoms with Crippen molar-refractivity contribution in [3.8, 4) is 0 Å². The lowest BCUT2D eigenvalue weighted by Gasteiger charge is -2.26. The molecule has 0 spiro atoms. The van der Waals surface area contributed by atoms with Gasteiger partial charge >= 0.3 is 5.97 Å². The van der Waals surface area contributed by atoms with Crippen molar-refractivity contribution in [2.75, 3.05) is 19.7 Å². The molecule has 1 heterocycles. The van der Waals surface area contributed by atoms with Gasteiger partial charge in [0, 0.05) is 13.1 Å². The van der Waals surface area contributed by atoms with E-state index >= 15 is 0 Å². The highest BCUT2D eigenvalue weighted by molar-refractivity contribution is 5.85. The summed E-state index contributed by atoms with van der Waals surface area (Å²) < 4.78 is 10.2. The summed E-state index contributed by atoms with van der Waals surface area (Å²) in [6.45, 7) is 5.49. The third-order valence-corrected chi connectivity index (χ3v) is 1.71. The second kappa shape index (κ2) is 6.18. The largest absolute Gasteiger partial charge is 0.464 e. The first kappa shape index (κ1) is 12.7. The van der Waals surface area contributed by atoms with Gasteiger partial charge in [0.05, 0.1) is 12.7 Å². The zero-order valence-corrected chi connectivity index (χ0v) is 8.73. The minimum Gasteiger partial charge on any atom is -0.464 e. The maximum absolute atomic E-state index is 11.2. The number of ether oxygens (including phenoxy) is 2. The Hall–Kier alpha value is -0.320.